The lowest BCUT2D eigenvalue weighted by Gasteiger charge is -2.04. The average Bonchev–Trinajstić information content (AvgIpc) is 2.92. The molecule has 0 fully saturated rings. The molecule has 134 valence electrons. The van der Waals surface area contributed by atoms with Crippen LogP contribution in [0.25, 0.3) is 22.0 Å². The first-order valence-electron chi connectivity index (χ1n) is 7.42. The predicted octanol–water partition coefficient (Wildman–Crippen LogP) is 1.18. The summed E-state index contributed by atoms with van der Waals surface area (Å²) in [7, 11) is -3.50. The minimum Gasteiger partial charge on any atom is -0.480 e. The summed E-state index contributed by atoms with van der Waals surface area (Å²) in [5.41, 5.74) is 1.88. The first-order chi connectivity index (χ1) is 12.2. The molecule has 0 unspecified atom stereocenters. The maximum Gasteiger partial charge on any atom is 0.325 e. The molecule has 3 rings (SSSR count). The molecule has 0 bridgehead atoms. The highest BCUT2D eigenvalue weighted by molar-refractivity contribution is 7.90. The molecule has 0 aliphatic carbocycles. The van der Waals surface area contributed by atoms with Crippen LogP contribution in [0, 0.1) is 0 Å². The van der Waals surface area contributed by atoms with E-state index in [2.05, 4.69) is 15.1 Å². The third-order valence-electron chi connectivity index (χ3n) is 3.66. The van der Waals surface area contributed by atoms with Gasteiger partial charge in [0.25, 0.3) is 0 Å². The van der Waals surface area contributed by atoms with E-state index in [1.807, 2.05) is 0 Å². The highest BCUT2D eigenvalue weighted by Crippen LogP contribution is 2.26. The molecular weight excluding hydrogens is 360 g/mol. The van der Waals surface area contributed by atoms with Crippen molar-refractivity contribution in [1.29, 1.82) is 0 Å². The number of sulfone groups is 1. The average molecular weight is 374 g/mol. The van der Waals surface area contributed by atoms with Crippen molar-refractivity contribution in [2.24, 2.45) is 0 Å². The van der Waals surface area contributed by atoms with Crippen LogP contribution in [0.3, 0.4) is 0 Å². The Morgan fingerprint density at radius 2 is 1.81 bits per heavy atom. The van der Waals surface area contributed by atoms with Crippen LogP contribution in [-0.2, 0) is 21.2 Å². The second-order valence-electron chi connectivity index (χ2n) is 5.71. The van der Waals surface area contributed by atoms with Crippen LogP contribution in [0.15, 0.2) is 35.7 Å². The molecule has 0 radical (unpaired) electrons. The number of benzene rings is 1. The third-order valence-corrected chi connectivity index (χ3v) is 4.54. The number of carboxylic acid groups (broad SMARTS) is 1. The van der Waals surface area contributed by atoms with Crippen molar-refractivity contribution < 1.29 is 23.1 Å². The zero-order chi connectivity index (χ0) is 19.1. The Hall–Kier alpha value is -3.14. The summed E-state index contributed by atoms with van der Waals surface area (Å²) < 4.78 is 24.1. The fourth-order valence-electron chi connectivity index (χ4n) is 2.52. The Bertz CT molecular complexity index is 1130. The third kappa shape index (κ3) is 3.31. The van der Waals surface area contributed by atoms with Crippen molar-refractivity contribution >= 4 is 32.5 Å². The number of fused-ring (bicyclic) bond motifs is 1. The molecule has 2 aromatic heterocycles. The number of aliphatic carboxylic acids is 1. The van der Waals surface area contributed by atoms with Gasteiger partial charge in [0.1, 0.15) is 12.2 Å². The molecule has 3 aromatic rings. The number of carboxylic acids is 1. The van der Waals surface area contributed by atoms with E-state index in [1.54, 1.807) is 18.2 Å². The molecule has 2 heterocycles. The van der Waals surface area contributed by atoms with Gasteiger partial charge in [-0.05, 0) is 17.7 Å². The minimum atomic E-state index is -3.50. The highest BCUT2D eigenvalue weighted by atomic mass is 32.2. The van der Waals surface area contributed by atoms with Crippen LogP contribution in [-0.4, -0.2) is 51.3 Å². The molecule has 26 heavy (non-hydrogen) atoms. The largest absolute Gasteiger partial charge is 0.480 e. The van der Waals surface area contributed by atoms with Crippen LogP contribution in [0.2, 0.25) is 0 Å². The van der Waals surface area contributed by atoms with Crippen LogP contribution < -0.4 is 0 Å². The quantitative estimate of drug-likeness (QED) is 0.520. The Morgan fingerprint density at radius 3 is 2.35 bits per heavy atom. The van der Waals surface area contributed by atoms with Crippen LogP contribution in [0.1, 0.15) is 17.4 Å². The standard InChI is InChI=1S/C16H14N4O5S/c1-9(21)15-12-5-10(3-4-13(12)20(19-15)8-14(22)23)11-6-17-16(18-7-11)26(2,24)25/h3-7H,8H2,1-2H3,(H,22,23). The molecule has 0 aliphatic rings. The van der Waals surface area contributed by atoms with Gasteiger partial charge in [-0.25, -0.2) is 18.4 Å². The maximum atomic E-state index is 11.8. The number of hydrogen-bond donors (Lipinski definition) is 1. The van der Waals surface area contributed by atoms with E-state index in [4.69, 9.17) is 5.11 Å². The van der Waals surface area contributed by atoms with E-state index in [-0.39, 0.29) is 23.2 Å². The van der Waals surface area contributed by atoms with Crippen LogP contribution in [0.4, 0.5) is 0 Å². The number of Topliss-reactive ketones (excluding diaryl/α,β-unsaturated/α-hetero) is 1. The maximum absolute atomic E-state index is 11.8. The van der Waals surface area contributed by atoms with E-state index in [1.165, 1.54) is 24.0 Å². The van der Waals surface area contributed by atoms with Gasteiger partial charge in [-0.3, -0.25) is 14.3 Å². The molecular formula is C16H14N4O5S. The van der Waals surface area contributed by atoms with Crippen molar-refractivity contribution in [3.63, 3.8) is 0 Å². The molecule has 1 aromatic carbocycles. The van der Waals surface area contributed by atoms with Gasteiger partial charge in [-0.1, -0.05) is 6.07 Å². The lowest BCUT2D eigenvalue weighted by molar-refractivity contribution is -0.137. The van der Waals surface area contributed by atoms with Gasteiger partial charge in [0, 0.05) is 36.5 Å². The molecule has 0 saturated carbocycles. The van der Waals surface area contributed by atoms with Gasteiger partial charge in [0.15, 0.2) is 5.78 Å². The van der Waals surface area contributed by atoms with Gasteiger partial charge in [-0.2, -0.15) is 5.10 Å². The zero-order valence-electron chi connectivity index (χ0n) is 13.9. The van der Waals surface area contributed by atoms with E-state index in [9.17, 15) is 18.0 Å². The second-order valence-corrected chi connectivity index (χ2v) is 7.62. The predicted molar refractivity (Wildman–Crippen MR) is 91.5 cm³/mol. The Labute approximate surface area is 148 Å². The van der Waals surface area contributed by atoms with Crippen LogP contribution in [0.5, 0.6) is 0 Å². The first kappa shape index (κ1) is 17.7. The molecule has 0 aliphatic heterocycles. The smallest absolute Gasteiger partial charge is 0.325 e. The normalized spacial score (nSPS) is 11.6. The van der Waals surface area contributed by atoms with Crippen molar-refractivity contribution in [2.75, 3.05) is 6.26 Å². The number of nitrogens with zero attached hydrogens (tertiary/aromatic N) is 4. The number of carbonyl (C=O) groups excluding carboxylic acids is 1. The summed E-state index contributed by atoms with van der Waals surface area (Å²) in [4.78, 5) is 30.5. The minimum absolute atomic E-state index is 0.164. The summed E-state index contributed by atoms with van der Waals surface area (Å²) >= 11 is 0. The lowest BCUT2D eigenvalue weighted by atomic mass is 10.0. The van der Waals surface area contributed by atoms with Crippen molar-refractivity contribution in [1.82, 2.24) is 19.7 Å². The molecule has 0 amide bonds. The molecule has 0 atom stereocenters. The fourth-order valence-corrected chi connectivity index (χ4v) is 3.01. The Balaban J connectivity index is 2.13. The van der Waals surface area contributed by atoms with Crippen LogP contribution >= 0.6 is 0 Å². The molecule has 0 spiro atoms. The number of ketones is 1. The van der Waals surface area contributed by atoms with E-state index < -0.39 is 15.8 Å². The van der Waals surface area contributed by atoms with Crippen molar-refractivity contribution in [3.05, 3.63) is 36.3 Å². The Morgan fingerprint density at radius 1 is 1.15 bits per heavy atom. The molecule has 10 heteroatoms. The van der Waals surface area contributed by atoms with Gasteiger partial charge < -0.3 is 5.11 Å². The SMILES string of the molecule is CC(=O)c1nn(CC(=O)O)c2ccc(-c3cnc(S(C)(=O)=O)nc3)cc12. The highest BCUT2D eigenvalue weighted by Gasteiger charge is 2.17. The van der Waals surface area contributed by atoms with Crippen molar-refractivity contribution in [3.8, 4) is 11.1 Å². The topological polar surface area (TPSA) is 132 Å². The van der Waals surface area contributed by atoms with E-state index in [0.29, 0.717) is 22.0 Å². The summed E-state index contributed by atoms with van der Waals surface area (Å²) in [6, 6.07) is 5.03. The Kier molecular flexibility index (Phi) is 4.28. The summed E-state index contributed by atoms with van der Waals surface area (Å²) in [5.74, 6) is -1.36. The number of hydrogen-bond acceptors (Lipinski definition) is 7. The number of rotatable bonds is 5. The molecule has 0 saturated heterocycles. The second kappa shape index (κ2) is 6.30. The fraction of sp³-hybridized carbons (Fsp3) is 0.188. The van der Waals surface area contributed by atoms with E-state index in [0.717, 1.165) is 6.26 Å². The monoisotopic (exact) mass is 374 g/mol. The summed E-state index contributed by atoms with van der Waals surface area (Å²) in [6.07, 6.45) is 3.77. The number of carbonyl (C=O) groups is 2. The number of aromatic nitrogens is 4. The zero-order valence-corrected chi connectivity index (χ0v) is 14.7. The first-order valence-corrected chi connectivity index (χ1v) is 9.31. The van der Waals surface area contributed by atoms with Gasteiger partial charge in [-0.15, -0.1) is 0 Å². The lowest BCUT2D eigenvalue weighted by Crippen LogP contribution is -2.10. The van der Waals surface area contributed by atoms with E-state index >= 15 is 0 Å². The summed E-state index contributed by atoms with van der Waals surface area (Å²) in [5, 5.41) is 13.3. The van der Waals surface area contributed by atoms with Gasteiger partial charge in [0.2, 0.25) is 15.0 Å². The van der Waals surface area contributed by atoms with Gasteiger partial charge >= 0.3 is 5.97 Å². The van der Waals surface area contributed by atoms with Crippen molar-refractivity contribution in [2.45, 2.75) is 18.6 Å². The summed E-state index contributed by atoms with van der Waals surface area (Å²) in [6.45, 7) is 0.985. The molecule has 9 nitrogen and oxygen atoms in total. The van der Waals surface area contributed by atoms with Gasteiger partial charge in [0.05, 0.1) is 5.52 Å². The molecule has 1 N–H and O–H groups in total.